The van der Waals surface area contributed by atoms with Crippen molar-refractivity contribution in [2.75, 3.05) is 44.6 Å². The number of nitrogens with zero attached hydrogens (tertiary/aromatic N) is 4. The number of para-hydroxylation sites is 1. The molecule has 3 heterocycles. The van der Waals surface area contributed by atoms with Crippen LogP contribution in [0.5, 0.6) is 0 Å². The quantitative estimate of drug-likeness (QED) is 0.724. The van der Waals surface area contributed by atoms with Crippen molar-refractivity contribution < 1.29 is 14.7 Å². The first-order valence-corrected chi connectivity index (χ1v) is 10.9. The van der Waals surface area contributed by atoms with Gasteiger partial charge < -0.3 is 15.3 Å². The number of hydrogen-bond donors (Lipinski definition) is 2. The number of hydrogen-bond acceptors (Lipinski definition) is 6. The van der Waals surface area contributed by atoms with Crippen LogP contribution < -0.4 is 5.32 Å². The van der Waals surface area contributed by atoms with Crippen LogP contribution in [0.4, 0.5) is 5.82 Å². The van der Waals surface area contributed by atoms with Crippen molar-refractivity contribution in [2.45, 2.75) is 18.4 Å². The first-order valence-electron chi connectivity index (χ1n) is 9.76. The summed E-state index contributed by atoms with van der Waals surface area (Å²) in [5, 5.41) is 16.6. The Morgan fingerprint density at radius 1 is 1.17 bits per heavy atom. The summed E-state index contributed by atoms with van der Waals surface area (Å²) in [5.41, 5.74) is 3.89. The molecule has 154 valence electrons. The Hall–Kier alpha value is -2.36. The summed E-state index contributed by atoms with van der Waals surface area (Å²) < 4.78 is 1.75. The number of β-amino-alcohol motifs (C(OH)–C–C–N with tert-alkyl or cyclic N) is 1. The molecule has 0 spiro atoms. The molecule has 0 radical (unpaired) electrons. The van der Waals surface area contributed by atoms with Gasteiger partial charge in [-0.1, -0.05) is 18.2 Å². The van der Waals surface area contributed by atoms with E-state index in [1.807, 2.05) is 31.2 Å². The lowest BCUT2D eigenvalue weighted by Gasteiger charge is -2.33. The van der Waals surface area contributed by atoms with E-state index < -0.39 is 11.8 Å². The Morgan fingerprint density at radius 2 is 1.93 bits per heavy atom. The van der Waals surface area contributed by atoms with Crippen LogP contribution in [0.1, 0.15) is 16.8 Å². The van der Waals surface area contributed by atoms with Crippen LogP contribution in [0.2, 0.25) is 0 Å². The smallest absolute Gasteiger partial charge is 0.315 e. The Kier molecular flexibility index (Phi) is 5.89. The topological polar surface area (TPSA) is 90.7 Å². The number of amides is 2. The number of aryl methyl sites for hydroxylation is 1. The number of thioether (sulfide) groups is 1. The highest BCUT2D eigenvalue weighted by Gasteiger charge is 2.30. The van der Waals surface area contributed by atoms with Gasteiger partial charge in [0.2, 0.25) is 0 Å². The van der Waals surface area contributed by atoms with E-state index in [9.17, 15) is 9.59 Å². The van der Waals surface area contributed by atoms with E-state index in [4.69, 9.17) is 10.2 Å². The largest absolute Gasteiger partial charge is 0.395 e. The zero-order chi connectivity index (χ0) is 20.4. The van der Waals surface area contributed by atoms with Crippen LogP contribution in [-0.4, -0.2) is 75.8 Å². The molecule has 29 heavy (non-hydrogen) atoms. The summed E-state index contributed by atoms with van der Waals surface area (Å²) in [7, 11) is 0. The first kappa shape index (κ1) is 19.9. The highest BCUT2D eigenvalue weighted by atomic mass is 32.2. The summed E-state index contributed by atoms with van der Waals surface area (Å²) in [6, 6.07) is 7.86. The average Bonchev–Trinajstić information content (AvgIpc) is 3.31. The van der Waals surface area contributed by atoms with Crippen LogP contribution in [0.3, 0.4) is 0 Å². The lowest BCUT2D eigenvalue weighted by atomic mass is 10.2. The number of piperazine rings is 1. The predicted octanol–water partition coefficient (Wildman–Crippen LogP) is 1.00. The van der Waals surface area contributed by atoms with Gasteiger partial charge in [0.25, 0.3) is 0 Å². The minimum Gasteiger partial charge on any atom is -0.395 e. The molecule has 0 atom stereocenters. The van der Waals surface area contributed by atoms with Crippen LogP contribution in [0.25, 0.3) is 5.69 Å². The first-order chi connectivity index (χ1) is 14.1. The summed E-state index contributed by atoms with van der Waals surface area (Å²) in [6.07, 6.45) is 0. The van der Waals surface area contributed by atoms with E-state index in [2.05, 4.69) is 10.2 Å². The molecule has 1 saturated heterocycles. The number of aliphatic hydroxyl groups excluding tert-OH is 1. The third-order valence-corrected chi connectivity index (χ3v) is 6.37. The molecule has 1 fully saturated rings. The van der Waals surface area contributed by atoms with Crippen molar-refractivity contribution in [3.63, 3.8) is 0 Å². The molecule has 2 amide bonds. The third kappa shape index (κ3) is 4.03. The van der Waals surface area contributed by atoms with E-state index >= 15 is 0 Å². The minimum atomic E-state index is -0.630. The number of benzene rings is 1. The number of anilines is 1. The van der Waals surface area contributed by atoms with Gasteiger partial charge in [-0.3, -0.25) is 14.5 Å². The van der Waals surface area contributed by atoms with Crippen molar-refractivity contribution in [1.82, 2.24) is 19.6 Å². The zero-order valence-corrected chi connectivity index (χ0v) is 17.2. The average molecular weight is 416 g/mol. The van der Waals surface area contributed by atoms with Crippen molar-refractivity contribution in [2.24, 2.45) is 0 Å². The Labute approximate surface area is 173 Å². The van der Waals surface area contributed by atoms with E-state index in [-0.39, 0.29) is 6.61 Å². The van der Waals surface area contributed by atoms with Gasteiger partial charge in [-0.2, -0.15) is 16.9 Å². The second kappa shape index (κ2) is 8.56. The Morgan fingerprint density at radius 3 is 2.66 bits per heavy atom. The number of aromatic nitrogens is 2. The van der Waals surface area contributed by atoms with Gasteiger partial charge in [0.15, 0.2) is 0 Å². The molecule has 2 aromatic rings. The van der Waals surface area contributed by atoms with Crippen molar-refractivity contribution >= 4 is 29.4 Å². The molecule has 0 aliphatic carbocycles. The number of aliphatic hydroxyl groups is 1. The molecule has 1 aromatic carbocycles. The SMILES string of the molecule is Cc1ccccc1-n1nc2c(c1NC(=O)C(=O)N1CCN(CCO)CC1)CSC2. The standard InChI is InChI=1S/C20H25N5O3S/c1-14-4-2-3-5-17(14)25-18(15-12-29-13-16(15)22-25)21-19(27)20(28)24-8-6-23(7-9-24)10-11-26/h2-5,26H,6-13H2,1H3,(H,21,27). The number of nitrogens with one attached hydrogen (secondary N) is 1. The summed E-state index contributed by atoms with van der Waals surface area (Å²) in [4.78, 5) is 29.2. The van der Waals surface area contributed by atoms with Gasteiger partial charge >= 0.3 is 11.8 Å². The fraction of sp³-hybridized carbons (Fsp3) is 0.450. The van der Waals surface area contributed by atoms with E-state index in [1.54, 1.807) is 21.3 Å². The van der Waals surface area contributed by atoms with Gasteiger partial charge in [0.1, 0.15) is 5.82 Å². The monoisotopic (exact) mass is 415 g/mol. The predicted molar refractivity (Wildman–Crippen MR) is 112 cm³/mol. The zero-order valence-electron chi connectivity index (χ0n) is 16.4. The molecule has 2 aliphatic rings. The lowest BCUT2D eigenvalue weighted by Crippen LogP contribution is -2.52. The van der Waals surface area contributed by atoms with Gasteiger partial charge in [0.05, 0.1) is 18.0 Å². The van der Waals surface area contributed by atoms with Crippen LogP contribution in [0, 0.1) is 6.92 Å². The molecule has 2 N–H and O–H groups in total. The van der Waals surface area contributed by atoms with E-state index in [0.717, 1.165) is 34.0 Å². The summed E-state index contributed by atoms with van der Waals surface area (Å²) >= 11 is 1.75. The highest BCUT2D eigenvalue weighted by molar-refractivity contribution is 7.98. The minimum absolute atomic E-state index is 0.0977. The number of carbonyl (C=O) groups is 2. The number of rotatable bonds is 4. The molecular formula is C20H25N5O3S. The second-order valence-electron chi connectivity index (χ2n) is 7.28. The third-order valence-electron chi connectivity index (χ3n) is 5.40. The fourth-order valence-electron chi connectivity index (χ4n) is 3.74. The van der Waals surface area contributed by atoms with Crippen LogP contribution in [-0.2, 0) is 21.1 Å². The van der Waals surface area contributed by atoms with Gasteiger partial charge in [-0.05, 0) is 18.6 Å². The number of carbonyl (C=O) groups excluding carboxylic acids is 2. The Bertz CT molecular complexity index is 921. The van der Waals surface area contributed by atoms with Gasteiger partial charge in [0, 0.05) is 49.8 Å². The van der Waals surface area contributed by atoms with Crippen molar-refractivity contribution in [3.8, 4) is 5.69 Å². The van der Waals surface area contributed by atoms with Gasteiger partial charge in [-0.15, -0.1) is 0 Å². The summed E-state index contributed by atoms with van der Waals surface area (Å²) in [6.45, 7) is 4.97. The van der Waals surface area contributed by atoms with Crippen LogP contribution >= 0.6 is 11.8 Å². The molecular weight excluding hydrogens is 390 g/mol. The van der Waals surface area contributed by atoms with E-state index in [0.29, 0.717) is 38.5 Å². The normalized spacial score (nSPS) is 16.7. The summed E-state index contributed by atoms with van der Waals surface area (Å²) in [5.74, 6) is 1.01. The highest BCUT2D eigenvalue weighted by Crippen LogP contribution is 2.36. The molecule has 9 heteroatoms. The Balaban J connectivity index is 1.53. The fourth-order valence-corrected chi connectivity index (χ4v) is 4.77. The maximum absolute atomic E-state index is 12.8. The van der Waals surface area contributed by atoms with E-state index in [1.165, 1.54) is 0 Å². The number of fused-ring (bicyclic) bond motifs is 1. The molecule has 0 unspecified atom stereocenters. The molecule has 1 aromatic heterocycles. The molecule has 4 rings (SSSR count). The maximum Gasteiger partial charge on any atom is 0.315 e. The maximum atomic E-state index is 12.8. The van der Waals surface area contributed by atoms with Crippen molar-refractivity contribution in [3.05, 3.63) is 41.1 Å². The van der Waals surface area contributed by atoms with Crippen molar-refractivity contribution in [1.29, 1.82) is 0 Å². The molecule has 0 saturated carbocycles. The molecule has 8 nitrogen and oxygen atoms in total. The second-order valence-corrected chi connectivity index (χ2v) is 8.26. The molecule has 2 aliphatic heterocycles. The van der Waals surface area contributed by atoms with Crippen LogP contribution in [0.15, 0.2) is 24.3 Å². The molecule has 0 bridgehead atoms. The lowest BCUT2D eigenvalue weighted by molar-refractivity contribution is -0.144. The van der Waals surface area contributed by atoms with Gasteiger partial charge in [-0.25, -0.2) is 4.68 Å².